The van der Waals surface area contributed by atoms with Crippen molar-refractivity contribution in [2.24, 2.45) is 0 Å². The van der Waals surface area contributed by atoms with Gasteiger partial charge in [-0.3, -0.25) is 9.99 Å². The van der Waals surface area contributed by atoms with Crippen LogP contribution in [0.2, 0.25) is 0 Å². The van der Waals surface area contributed by atoms with Gasteiger partial charge >= 0.3 is 0 Å². The van der Waals surface area contributed by atoms with E-state index in [1.807, 2.05) is 18.2 Å². The number of rotatable bonds is 2. The molecule has 0 aliphatic carbocycles. The highest BCUT2D eigenvalue weighted by molar-refractivity contribution is 7.99. The molecule has 1 unspecified atom stereocenters. The molecule has 0 spiro atoms. The Balaban J connectivity index is 1.52. The van der Waals surface area contributed by atoms with Crippen molar-refractivity contribution in [3.05, 3.63) is 47.7 Å². The first-order chi connectivity index (χ1) is 11.8. The summed E-state index contributed by atoms with van der Waals surface area (Å²) in [5.41, 5.74) is 12.6. The molecule has 24 heavy (non-hydrogen) atoms. The van der Waals surface area contributed by atoms with Crippen molar-refractivity contribution >= 4 is 34.4 Å². The van der Waals surface area contributed by atoms with Crippen LogP contribution in [-0.4, -0.2) is 20.7 Å². The summed E-state index contributed by atoms with van der Waals surface area (Å²) in [6, 6.07) is 12.6. The van der Waals surface area contributed by atoms with E-state index in [2.05, 4.69) is 38.6 Å². The van der Waals surface area contributed by atoms with Crippen LogP contribution in [0.5, 0.6) is 0 Å². The SMILES string of the molecule is Nc1nc2c3c(n1)N(Cc1ccc4ccccc4n1)NC3CCS2. The minimum absolute atomic E-state index is 0.275. The minimum atomic E-state index is 0.275. The van der Waals surface area contributed by atoms with Crippen LogP contribution in [0.15, 0.2) is 41.4 Å². The molecule has 0 bridgehead atoms. The first-order valence-corrected chi connectivity index (χ1v) is 8.95. The van der Waals surface area contributed by atoms with Gasteiger partial charge in [0.1, 0.15) is 5.03 Å². The Hall–Kier alpha value is -2.38. The number of aromatic nitrogens is 3. The molecule has 1 aromatic carbocycles. The summed E-state index contributed by atoms with van der Waals surface area (Å²) in [5.74, 6) is 2.27. The van der Waals surface area contributed by atoms with Crippen molar-refractivity contribution in [2.75, 3.05) is 16.5 Å². The molecule has 2 aliphatic heterocycles. The van der Waals surface area contributed by atoms with Gasteiger partial charge in [0.2, 0.25) is 5.95 Å². The van der Waals surface area contributed by atoms with Gasteiger partial charge in [0.25, 0.3) is 0 Å². The smallest absolute Gasteiger partial charge is 0.223 e. The Labute approximate surface area is 143 Å². The van der Waals surface area contributed by atoms with Crippen LogP contribution >= 0.6 is 11.8 Å². The van der Waals surface area contributed by atoms with Crippen LogP contribution in [0.25, 0.3) is 10.9 Å². The maximum absolute atomic E-state index is 5.90. The third kappa shape index (κ3) is 2.20. The van der Waals surface area contributed by atoms with Crippen LogP contribution in [0.3, 0.4) is 0 Å². The quantitative estimate of drug-likeness (QED) is 0.696. The molecule has 6 nitrogen and oxygen atoms in total. The maximum atomic E-state index is 5.90. The summed E-state index contributed by atoms with van der Waals surface area (Å²) in [4.78, 5) is 13.6. The Morgan fingerprint density at radius 1 is 1.17 bits per heavy atom. The standard InChI is InChI=1S/C17H16N6S/c18-17-20-15-14-13(7-8-24-16(14)21-17)22-23(15)9-11-6-5-10-3-1-2-4-12(10)19-11/h1-6,13,22H,7-9H2,(H2,18,20,21). The van der Waals surface area contributed by atoms with Gasteiger partial charge in [0.15, 0.2) is 5.82 Å². The number of nitrogens with zero attached hydrogens (tertiary/aromatic N) is 4. The first kappa shape index (κ1) is 14.0. The number of hydrogen-bond donors (Lipinski definition) is 2. The van der Waals surface area contributed by atoms with Gasteiger partial charge in [-0.2, -0.15) is 4.98 Å². The van der Waals surface area contributed by atoms with E-state index in [1.54, 1.807) is 11.8 Å². The number of anilines is 2. The highest BCUT2D eigenvalue weighted by atomic mass is 32.2. The second-order valence-corrected chi connectivity index (χ2v) is 7.11. The first-order valence-electron chi connectivity index (χ1n) is 7.96. The van der Waals surface area contributed by atoms with E-state index < -0.39 is 0 Å². The van der Waals surface area contributed by atoms with E-state index in [9.17, 15) is 0 Å². The number of nitrogens with one attached hydrogen (secondary N) is 1. The van der Waals surface area contributed by atoms with Crippen LogP contribution < -0.4 is 16.2 Å². The molecular formula is C17H16N6S. The van der Waals surface area contributed by atoms with Gasteiger partial charge in [-0.05, 0) is 18.6 Å². The molecule has 1 atom stereocenters. The molecule has 0 radical (unpaired) electrons. The fourth-order valence-corrected chi connectivity index (χ4v) is 4.44. The molecule has 0 saturated carbocycles. The van der Waals surface area contributed by atoms with Crippen molar-refractivity contribution in [3.8, 4) is 0 Å². The molecule has 0 saturated heterocycles. The van der Waals surface area contributed by atoms with Crippen molar-refractivity contribution < 1.29 is 0 Å². The fraction of sp³-hybridized carbons (Fsp3) is 0.235. The number of nitrogens with two attached hydrogens (primary N) is 1. The van der Waals surface area contributed by atoms with E-state index in [0.29, 0.717) is 12.5 Å². The monoisotopic (exact) mass is 336 g/mol. The summed E-state index contributed by atoms with van der Waals surface area (Å²) in [5, 5.41) is 4.22. The molecule has 5 rings (SSSR count). The zero-order valence-corrected chi connectivity index (χ0v) is 13.8. The number of fused-ring (bicyclic) bond motifs is 1. The van der Waals surface area contributed by atoms with Crippen molar-refractivity contribution in [3.63, 3.8) is 0 Å². The van der Waals surface area contributed by atoms with E-state index in [1.165, 1.54) is 5.56 Å². The van der Waals surface area contributed by atoms with Crippen molar-refractivity contribution in [2.45, 2.75) is 24.0 Å². The number of nitrogen functional groups attached to an aromatic ring is 1. The Kier molecular flexibility index (Phi) is 3.11. The predicted molar refractivity (Wildman–Crippen MR) is 95.6 cm³/mol. The van der Waals surface area contributed by atoms with Gasteiger partial charge in [0, 0.05) is 16.7 Å². The molecule has 3 aromatic rings. The highest BCUT2D eigenvalue weighted by Crippen LogP contribution is 2.44. The van der Waals surface area contributed by atoms with Crippen LogP contribution in [0, 0.1) is 0 Å². The van der Waals surface area contributed by atoms with Gasteiger partial charge in [-0.1, -0.05) is 24.3 Å². The number of thioether (sulfide) groups is 1. The molecule has 0 amide bonds. The average Bonchev–Trinajstić information content (AvgIpc) is 2.93. The summed E-state index contributed by atoms with van der Waals surface area (Å²) < 4.78 is 0. The van der Waals surface area contributed by atoms with E-state index in [4.69, 9.17) is 10.7 Å². The van der Waals surface area contributed by atoms with Crippen LogP contribution in [0.4, 0.5) is 11.8 Å². The second kappa shape index (κ2) is 5.32. The Morgan fingerprint density at radius 2 is 2.08 bits per heavy atom. The third-order valence-corrected chi connectivity index (χ3v) is 5.47. The molecule has 120 valence electrons. The second-order valence-electron chi connectivity index (χ2n) is 6.02. The summed E-state index contributed by atoms with van der Waals surface area (Å²) in [7, 11) is 0. The number of para-hydroxylation sites is 1. The number of pyridine rings is 1. The Morgan fingerprint density at radius 3 is 3.04 bits per heavy atom. The maximum Gasteiger partial charge on any atom is 0.223 e. The van der Waals surface area contributed by atoms with Crippen LogP contribution in [0.1, 0.15) is 23.7 Å². The molecule has 2 aliphatic rings. The fourth-order valence-electron chi connectivity index (χ4n) is 3.35. The van der Waals surface area contributed by atoms with Gasteiger partial charge < -0.3 is 5.73 Å². The average molecular weight is 336 g/mol. The molecule has 0 fully saturated rings. The molecule has 7 heteroatoms. The number of hydrogen-bond acceptors (Lipinski definition) is 7. The molecule has 3 N–H and O–H groups in total. The minimum Gasteiger partial charge on any atom is -0.368 e. The van der Waals surface area contributed by atoms with Gasteiger partial charge in [-0.25, -0.2) is 10.4 Å². The summed E-state index contributed by atoms with van der Waals surface area (Å²) >= 11 is 1.76. The third-order valence-electron chi connectivity index (χ3n) is 4.45. The summed E-state index contributed by atoms with van der Waals surface area (Å²) in [6.45, 7) is 0.648. The number of hydrazine groups is 1. The van der Waals surface area contributed by atoms with Crippen LogP contribution in [-0.2, 0) is 6.54 Å². The van der Waals surface area contributed by atoms with Crippen molar-refractivity contribution in [1.82, 2.24) is 20.4 Å². The van der Waals surface area contributed by atoms with Crippen molar-refractivity contribution in [1.29, 1.82) is 0 Å². The molecular weight excluding hydrogens is 320 g/mol. The topological polar surface area (TPSA) is 80.0 Å². The lowest BCUT2D eigenvalue weighted by molar-refractivity contribution is 0.521. The molecule has 2 aromatic heterocycles. The predicted octanol–water partition coefficient (Wildman–Crippen LogP) is 2.67. The summed E-state index contributed by atoms with van der Waals surface area (Å²) in [6.07, 6.45) is 1.07. The van der Waals surface area contributed by atoms with E-state index >= 15 is 0 Å². The number of benzene rings is 1. The lowest BCUT2D eigenvalue weighted by atomic mass is 10.1. The van der Waals surface area contributed by atoms with E-state index in [0.717, 1.165) is 39.6 Å². The highest BCUT2D eigenvalue weighted by Gasteiger charge is 2.36. The molecule has 4 heterocycles. The lowest BCUT2D eigenvalue weighted by Crippen LogP contribution is -2.35. The normalized spacial score (nSPS) is 18.8. The van der Waals surface area contributed by atoms with Gasteiger partial charge in [-0.15, -0.1) is 11.8 Å². The Bertz CT molecular complexity index is 944. The van der Waals surface area contributed by atoms with Gasteiger partial charge in [0.05, 0.1) is 23.8 Å². The largest absolute Gasteiger partial charge is 0.368 e. The zero-order valence-electron chi connectivity index (χ0n) is 12.9. The zero-order chi connectivity index (χ0) is 16.1. The lowest BCUT2D eigenvalue weighted by Gasteiger charge is -2.20. The van der Waals surface area contributed by atoms with E-state index in [-0.39, 0.29) is 6.04 Å².